The molecule has 0 fully saturated rings. The van der Waals surface area contributed by atoms with Crippen molar-refractivity contribution in [2.45, 2.75) is 6.92 Å². The molecule has 0 aromatic carbocycles. The normalized spacial score (nSPS) is 8.67. The molecule has 0 aromatic rings. The van der Waals surface area contributed by atoms with Gasteiger partial charge in [0.25, 0.3) is 0 Å². The van der Waals surface area contributed by atoms with Crippen molar-refractivity contribution in [1.29, 1.82) is 0 Å². The Kier molecular flexibility index (Phi) is 4.13. The molecule has 0 saturated heterocycles. The molecule has 0 N–H and O–H groups in total. The number of hydrogen-bond donors (Lipinski definition) is 1. The monoisotopic (exact) mass is 148 g/mol. The number of hydrogen-bond acceptors (Lipinski definition) is 4. The van der Waals surface area contributed by atoms with Crippen molar-refractivity contribution in [2.75, 3.05) is 12.4 Å². The molecule has 0 aliphatic rings. The first kappa shape index (κ1) is 8.49. The Hall–Kier alpha value is -0.510. The maximum Gasteiger partial charge on any atom is 0.303 e. The highest BCUT2D eigenvalue weighted by Crippen LogP contribution is 1.81. The first-order valence-electron chi connectivity index (χ1n) is 2.42. The van der Waals surface area contributed by atoms with Gasteiger partial charge >= 0.3 is 5.97 Å². The van der Waals surface area contributed by atoms with Gasteiger partial charge < -0.3 is 4.74 Å². The Morgan fingerprint density at radius 1 is 1.56 bits per heavy atom. The Bertz CT molecular complexity index is 121. The number of Topliss-reactive ketones (excluding diaryl/α,β-unsaturated/α-hetero) is 1. The molecule has 0 amide bonds. The number of ketones is 1. The third-order valence-electron chi connectivity index (χ3n) is 0.613. The number of carbonyl (C=O) groups excluding carboxylic acids is 2. The average molecular weight is 148 g/mol. The van der Waals surface area contributed by atoms with Gasteiger partial charge in [0.05, 0.1) is 5.75 Å². The van der Waals surface area contributed by atoms with E-state index in [4.69, 9.17) is 0 Å². The molecule has 0 atom stereocenters. The molecule has 0 saturated carbocycles. The summed E-state index contributed by atoms with van der Waals surface area (Å²) in [5.41, 5.74) is 0. The van der Waals surface area contributed by atoms with Gasteiger partial charge in [0.15, 0.2) is 12.4 Å². The van der Waals surface area contributed by atoms with Crippen LogP contribution >= 0.6 is 12.6 Å². The van der Waals surface area contributed by atoms with Gasteiger partial charge in [0.1, 0.15) is 0 Å². The van der Waals surface area contributed by atoms with Crippen LogP contribution in [0, 0.1) is 0 Å². The highest BCUT2D eigenvalue weighted by atomic mass is 32.1. The van der Waals surface area contributed by atoms with Crippen LogP contribution in [0.4, 0.5) is 0 Å². The largest absolute Gasteiger partial charge is 0.458 e. The minimum atomic E-state index is -0.440. The van der Waals surface area contributed by atoms with E-state index < -0.39 is 5.97 Å². The molecule has 0 aliphatic carbocycles. The summed E-state index contributed by atoms with van der Waals surface area (Å²) in [6.07, 6.45) is 0. The van der Waals surface area contributed by atoms with E-state index in [1.54, 1.807) is 0 Å². The fraction of sp³-hybridized carbons (Fsp3) is 0.600. The standard InChI is InChI=1S/C5H8O3S/c1-4(6)8-2-5(7)3-9/h9H,2-3H2,1H3. The van der Waals surface area contributed by atoms with Crippen molar-refractivity contribution in [3.63, 3.8) is 0 Å². The lowest BCUT2D eigenvalue weighted by Crippen LogP contribution is -2.12. The van der Waals surface area contributed by atoms with Crippen molar-refractivity contribution in [3.05, 3.63) is 0 Å². The van der Waals surface area contributed by atoms with Gasteiger partial charge in [0, 0.05) is 6.92 Å². The van der Waals surface area contributed by atoms with Gasteiger partial charge in [-0.15, -0.1) is 0 Å². The van der Waals surface area contributed by atoms with E-state index in [1.807, 2.05) is 0 Å². The molecule has 4 heteroatoms. The second-order valence-corrected chi connectivity index (χ2v) is 1.79. The Labute approximate surface area is 58.8 Å². The zero-order chi connectivity index (χ0) is 7.28. The van der Waals surface area contributed by atoms with Crippen molar-refractivity contribution in [3.8, 4) is 0 Å². The smallest absolute Gasteiger partial charge is 0.303 e. The SMILES string of the molecule is CC(=O)OCC(=O)CS. The molecule has 52 valence electrons. The fourth-order valence-electron chi connectivity index (χ4n) is 0.228. The number of thiol groups is 1. The van der Waals surface area contributed by atoms with Crippen molar-refractivity contribution in [1.82, 2.24) is 0 Å². The molecule has 0 aromatic heterocycles. The summed E-state index contributed by atoms with van der Waals surface area (Å²) in [7, 11) is 0. The van der Waals surface area contributed by atoms with E-state index in [0.29, 0.717) is 0 Å². The number of carbonyl (C=O) groups is 2. The lowest BCUT2D eigenvalue weighted by Gasteiger charge is -1.95. The van der Waals surface area contributed by atoms with Crippen LogP contribution in [0.2, 0.25) is 0 Å². The van der Waals surface area contributed by atoms with Crippen molar-refractivity contribution >= 4 is 24.4 Å². The van der Waals surface area contributed by atoms with Crippen LogP contribution in [-0.2, 0) is 14.3 Å². The fourth-order valence-corrected chi connectivity index (χ4v) is 0.319. The summed E-state index contributed by atoms with van der Waals surface area (Å²) in [6, 6.07) is 0. The van der Waals surface area contributed by atoms with E-state index in [2.05, 4.69) is 17.4 Å². The molecule has 0 heterocycles. The molecular weight excluding hydrogens is 140 g/mol. The zero-order valence-electron chi connectivity index (χ0n) is 5.09. The average Bonchev–Trinajstić information content (AvgIpc) is 1.83. The molecule has 0 unspecified atom stereocenters. The lowest BCUT2D eigenvalue weighted by atomic mass is 10.5. The first-order chi connectivity index (χ1) is 4.16. The summed E-state index contributed by atoms with van der Waals surface area (Å²) in [4.78, 5) is 20.4. The van der Waals surface area contributed by atoms with E-state index in [1.165, 1.54) is 6.92 Å². The Morgan fingerprint density at radius 2 is 2.11 bits per heavy atom. The third kappa shape index (κ3) is 5.36. The van der Waals surface area contributed by atoms with Crippen LogP contribution in [0.5, 0.6) is 0 Å². The van der Waals surface area contributed by atoms with E-state index >= 15 is 0 Å². The lowest BCUT2D eigenvalue weighted by molar-refractivity contribution is -0.145. The molecule has 0 spiro atoms. The van der Waals surface area contributed by atoms with Gasteiger partial charge in [-0.1, -0.05) is 0 Å². The van der Waals surface area contributed by atoms with Crippen LogP contribution in [-0.4, -0.2) is 24.1 Å². The second-order valence-electron chi connectivity index (χ2n) is 1.48. The minimum Gasteiger partial charge on any atom is -0.458 e. The van der Waals surface area contributed by atoms with E-state index in [0.717, 1.165) is 0 Å². The van der Waals surface area contributed by atoms with Gasteiger partial charge in [0.2, 0.25) is 0 Å². The van der Waals surface area contributed by atoms with Crippen LogP contribution in [0.15, 0.2) is 0 Å². The minimum absolute atomic E-state index is 0.118. The van der Waals surface area contributed by atoms with Crippen molar-refractivity contribution < 1.29 is 14.3 Å². The van der Waals surface area contributed by atoms with Crippen LogP contribution < -0.4 is 0 Å². The van der Waals surface area contributed by atoms with Gasteiger partial charge in [-0.05, 0) is 0 Å². The number of esters is 1. The summed E-state index contributed by atoms with van der Waals surface area (Å²) in [5.74, 6) is -0.508. The maximum atomic E-state index is 10.4. The topological polar surface area (TPSA) is 43.4 Å². The van der Waals surface area contributed by atoms with Gasteiger partial charge in [-0.3, -0.25) is 9.59 Å². The second kappa shape index (κ2) is 4.38. The summed E-state index contributed by atoms with van der Waals surface area (Å²) >= 11 is 3.68. The first-order valence-corrected chi connectivity index (χ1v) is 3.06. The molecule has 0 aliphatic heterocycles. The quantitative estimate of drug-likeness (QED) is 0.454. The van der Waals surface area contributed by atoms with Gasteiger partial charge in [-0.25, -0.2) is 0 Å². The third-order valence-corrected chi connectivity index (χ3v) is 0.965. The molecule has 0 rings (SSSR count). The summed E-state index contributed by atoms with van der Waals surface area (Å²) in [6.45, 7) is 1.10. The molecule has 0 radical (unpaired) electrons. The van der Waals surface area contributed by atoms with E-state index in [-0.39, 0.29) is 18.1 Å². The highest BCUT2D eigenvalue weighted by molar-refractivity contribution is 7.81. The van der Waals surface area contributed by atoms with Crippen LogP contribution in [0.25, 0.3) is 0 Å². The van der Waals surface area contributed by atoms with Crippen LogP contribution in [0.3, 0.4) is 0 Å². The Morgan fingerprint density at radius 3 is 2.44 bits per heavy atom. The Balaban J connectivity index is 3.28. The highest BCUT2D eigenvalue weighted by Gasteiger charge is 1.99. The molecule has 0 bridgehead atoms. The molecule has 9 heavy (non-hydrogen) atoms. The molecular formula is C5H8O3S. The van der Waals surface area contributed by atoms with Gasteiger partial charge in [-0.2, -0.15) is 12.6 Å². The van der Waals surface area contributed by atoms with E-state index in [9.17, 15) is 9.59 Å². The molecule has 3 nitrogen and oxygen atoms in total. The summed E-state index contributed by atoms with van der Waals surface area (Å²) < 4.78 is 4.36. The predicted molar refractivity (Wildman–Crippen MR) is 35.5 cm³/mol. The summed E-state index contributed by atoms with van der Waals surface area (Å²) in [5, 5.41) is 0. The van der Waals surface area contributed by atoms with Crippen molar-refractivity contribution in [2.24, 2.45) is 0 Å². The zero-order valence-corrected chi connectivity index (χ0v) is 5.98. The predicted octanol–water partition coefficient (Wildman–Crippen LogP) is 0.0484. The number of rotatable bonds is 3. The number of ether oxygens (including phenoxy) is 1. The van der Waals surface area contributed by atoms with Crippen LogP contribution in [0.1, 0.15) is 6.92 Å². The maximum absolute atomic E-state index is 10.4.